The van der Waals surface area contributed by atoms with Gasteiger partial charge in [0.15, 0.2) is 6.54 Å². The number of halogens is 3. The molecular formula is C18H18F3N2O+. The highest BCUT2D eigenvalue weighted by atomic mass is 19.1. The summed E-state index contributed by atoms with van der Waals surface area (Å²) in [6.45, 7) is 0.400. The Morgan fingerprint density at radius 3 is 2.25 bits per heavy atom. The van der Waals surface area contributed by atoms with Crippen molar-refractivity contribution < 1.29 is 22.9 Å². The van der Waals surface area contributed by atoms with Gasteiger partial charge < -0.3 is 10.2 Å². The maximum atomic E-state index is 13.8. The van der Waals surface area contributed by atoms with Crippen molar-refractivity contribution in [2.24, 2.45) is 0 Å². The minimum absolute atomic E-state index is 0.0345. The van der Waals surface area contributed by atoms with E-state index in [0.29, 0.717) is 12.1 Å². The summed E-state index contributed by atoms with van der Waals surface area (Å²) in [7, 11) is 0. The molecule has 1 aliphatic rings. The first-order valence-corrected chi connectivity index (χ1v) is 7.86. The number of rotatable bonds is 6. The van der Waals surface area contributed by atoms with E-state index in [-0.39, 0.29) is 18.4 Å². The fraction of sp³-hybridized carbons (Fsp3) is 0.278. The summed E-state index contributed by atoms with van der Waals surface area (Å²) in [5.41, 5.74) is 0.0906. The van der Waals surface area contributed by atoms with Crippen molar-refractivity contribution in [3.8, 4) is 0 Å². The normalized spacial score (nSPS) is 15.1. The Labute approximate surface area is 138 Å². The van der Waals surface area contributed by atoms with E-state index in [4.69, 9.17) is 0 Å². The SMILES string of the molecule is O=C(C[NH+](Cc1ccccc1F)C1CC1)Nc1c(F)cccc1F. The number of hydrogen-bond donors (Lipinski definition) is 2. The fourth-order valence-electron chi connectivity index (χ4n) is 2.74. The summed E-state index contributed by atoms with van der Waals surface area (Å²) in [6.07, 6.45) is 1.93. The lowest BCUT2D eigenvalue weighted by Gasteiger charge is -2.19. The zero-order chi connectivity index (χ0) is 17.1. The van der Waals surface area contributed by atoms with E-state index in [9.17, 15) is 18.0 Å². The van der Waals surface area contributed by atoms with Crippen LogP contribution in [-0.4, -0.2) is 18.5 Å². The molecule has 0 spiro atoms. The van der Waals surface area contributed by atoms with Gasteiger partial charge in [0.2, 0.25) is 0 Å². The maximum absolute atomic E-state index is 13.8. The van der Waals surface area contributed by atoms with Crippen LogP contribution >= 0.6 is 0 Å². The molecular weight excluding hydrogens is 317 g/mol. The van der Waals surface area contributed by atoms with E-state index in [0.717, 1.165) is 29.9 Å². The molecule has 1 saturated carbocycles. The average molecular weight is 335 g/mol. The van der Waals surface area contributed by atoms with E-state index < -0.39 is 23.2 Å². The number of carbonyl (C=O) groups excluding carboxylic acids is 1. The first kappa shape index (κ1) is 16.5. The molecule has 1 atom stereocenters. The Balaban J connectivity index is 1.68. The molecule has 2 aromatic rings. The molecule has 1 unspecified atom stereocenters. The lowest BCUT2D eigenvalue weighted by Crippen LogP contribution is -3.13. The Morgan fingerprint density at radius 2 is 1.62 bits per heavy atom. The van der Waals surface area contributed by atoms with E-state index in [1.54, 1.807) is 18.2 Å². The average Bonchev–Trinajstić information content (AvgIpc) is 3.37. The summed E-state index contributed by atoms with van der Waals surface area (Å²) in [4.78, 5) is 13.1. The molecule has 2 N–H and O–H groups in total. The zero-order valence-electron chi connectivity index (χ0n) is 13.0. The smallest absolute Gasteiger partial charge is 0.279 e. The molecule has 0 radical (unpaired) electrons. The van der Waals surface area contributed by atoms with Gasteiger partial charge in [-0.3, -0.25) is 4.79 Å². The number of hydrogen-bond acceptors (Lipinski definition) is 1. The first-order valence-electron chi connectivity index (χ1n) is 7.86. The molecule has 6 heteroatoms. The van der Waals surface area contributed by atoms with Crippen LogP contribution < -0.4 is 10.2 Å². The number of nitrogens with one attached hydrogen (secondary N) is 2. The van der Waals surface area contributed by atoms with Crippen molar-refractivity contribution in [2.75, 3.05) is 11.9 Å². The Morgan fingerprint density at radius 1 is 1.00 bits per heavy atom. The molecule has 1 fully saturated rings. The third-order valence-electron chi connectivity index (χ3n) is 4.14. The third-order valence-corrected chi connectivity index (χ3v) is 4.14. The van der Waals surface area contributed by atoms with Crippen LogP contribution in [0.3, 0.4) is 0 Å². The van der Waals surface area contributed by atoms with E-state index in [2.05, 4.69) is 5.32 Å². The zero-order valence-corrected chi connectivity index (χ0v) is 13.0. The number of para-hydroxylation sites is 1. The molecule has 0 bridgehead atoms. The molecule has 0 aliphatic heterocycles. The Hall–Kier alpha value is -2.34. The molecule has 3 nitrogen and oxygen atoms in total. The van der Waals surface area contributed by atoms with Crippen LogP contribution in [0.15, 0.2) is 42.5 Å². The number of benzene rings is 2. The van der Waals surface area contributed by atoms with E-state index >= 15 is 0 Å². The van der Waals surface area contributed by atoms with Gasteiger partial charge in [0.25, 0.3) is 5.91 Å². The van der Waals surface area contributed by atoms with Gasteiger partial charge in [-0.25, -0.2) is 13.2 Å². The second kappa shape index (κ2) is 7.05. The highest BCUT2D eigenvalue weighted by molar-refractivity contribution is 5.91. The predicted octanol–water partition coefficient (Wildman–Crippen LogP) is 2.29. The predicted molar refractivity (Wildman–Crippen MR) is 83.9 cm³/mol. The molecule has 0 saturated heterocycles. The molecule has 1 amide bonds. The third kappa shape index (κ3) is 3.94. The fourth-order valence-corrected chi connectivity index (χ4v) is 2.74. The summed E-state index contributed by atoms with van der Waals surface area (Å²) in [6, 6.07) is 10.1. The van der Waals surface area contributed by atoms with Gasteiger partial charge in [-0.05, 0) is 18.2 Å². The monoisotopic (exact) mass is 335 g/mol. The summed E-state index contributed by atoms with van der Waals surface area (Å²) in [5.74, 6) is -2.43. The van der Waals surface area contributed by atoms with Gasteiger partial charge in [0.05, 0.1) is 6.04 Å². The van der Waals surface area contributed by atoms with Crippen molar-refractivity contribution in [3.05, 3.63) is 65.5 Å². The molecule has 126 valence electrons. The largest absolute Gasteiger partial charge is 0.321 e. The van der Waals surface area contributed by atoms with Gasteiger partial charge in [-0.2, -0.15) is 0 Å². The highest BCUT2D eigenvalue weighted by Crippen LogP contribution is 2.18. The van der Waals surface area contributed by atoms with Crippen LogP contribution in [0.1, 0.15) is 18.4 Å². The van der Waals surface area contributed by atoms with Crippen molar-refractivity contribution in [3.63, 3.8) is 0 Å². The highest BCUT2D eigenvalue weighted by Gasteiger charge is 2.35. The number of anilines is 1. The minimum Gasteiger partial charge on any atom is -0.321 e. The van der Waals surface area contributed by atoms with E-state index in [1.807, 2.05) is 0 Å². The summed E-state index contributed by atoms with van der Waals surface area (Å²) < 4.78 is 41.0. The van der Waals surface area contributed by atoms with Crippen LogP contribution in [0.4, 0.5) is 18.9 Å². The molecule has 0 aromatic heterocycles. The Kier molecular flexibility index (Phi) is 4.85. The summed E-state index contributed by atoms with van der Waals surface area (Å²) >= 11 is 0. The van der Waals surface area contributed by atoms with Crippen LogP contribution in [0, 0.1) is 17.5 Å². The van der Waals surface area contributed by atoms with Crippen LogP contribution in [0.2, 0.25) is 0 Å². The lowest BCUT2D eigenvalue weighted by atomic mass is 10.2. The quantitative estimate of drug-likeness (QED) is 0.834. The van der Waals surface area contributed by atoms with Crippen LogP contribution in [0.5, 0.6) is 0 Å². The summed E-state index contributed by atoms with van der Waals surface area (Å²) in [5, 5.41) is 2.29. The Bertz CT molecular complexity index is 727. The molecule has 2 aromatic carbocycles. The molecule has 1 aliphatic carbocycles. The standard InChI is InChI=1S/C18H17F3N2O/c19-14-5-2-1-4-12(14)10-23(13-8-9-13)11-17(24)22-18-15(20)6-3-7-16(18)21/h1-7,13H,8-11H2,(H,22,24)/p+1. The number of carbonyl (C=O) groups is 1. The van der Waals surface area contributed by atoms with Gasteiger partial charge in [-0.15, -0.1) is 0 Å². The second-order valence-corrected chi connectivity index (χ2v) is 6.02. The molecule has 3 rings (SSSR count). The van der Waals surface area contributed by atoms with Crippen molar-refractivity contribution >= 4 is 11.6 Å². The topological polar surface area (TPSA) is 33.5 Å². The van der Waals surface area contributed by atoms with E-state index in [1.165, 1.54) is 12.1 Å². The number of amides is 1. The maximum Gasteiger partial charge on any atom is 0.279 e. The second-order valence-electron chi connectivity index (χ2n) is 6.02. The van der Waals surface area contributed by atoms with Crippen LogP contribution in [-0.2, 0) is 11.3 Å². The van der Waals surface area contributed by atoms with Crippen molar-refractivity contribution in [2.45, 2.75) is 25.4 Å². The van der Waals surface area contributed by atoms with Gasteiger partial charge >= 0.3 is 0 Å². The van der Waals surface area contributed by atoms with Gasteiger partial charge in [-0.1, -0.05) is 24.3 Å². The first-order chi connectivity index (χ1) is 11.5. The molecule has 24 heavy (non-hydrogen) atoms. The van der Waals surface area contributed by atoms with Crippen molar-refractivity contribution in [1.82, 2.24) is 0 Å². The van der Waals surface area contributed by atoms with Gasteiger partial charge in [0, 0.05) is 18.4 Å². The van der Waals surface area contributed by atoms with Crippen LogP contribution in [0.25, 0.3) is 0 Å². The minimum atomic E-state index is -0.814. The lowest BCUT2D eigenvalue weighted by molar-refractivity contribution is -0.917. The van der Waals surface area contributed by atoms with Gasteiger partial charge in [0.1, 0.15) is 29.7 Å². The molecule has 0 heterocycles. The van der Waals surface area contributed by atoms with Crippen molar-refractivity contribution in [1.29, 1.82) is 0 Å². The number of quaternary nitrogens is 1.